The lowest BCUT2D eigenvalue weighted by Crippen LogP contribution is -2.10. The SMILES string of the molecule is CC.NC(=O)c1cc2c3c(cc(S(=O)(=O)O)cc3c1)-c1nc3ccc(SOOO)cc3nc1-2. The Morgan fingerprint density at radius 1 is 1.00 bits per heavy atom. The van der Waals surface area contributed by atoms with Gasteiger partial charge in [-0.25, -0.2) is 15.2 Å². The minimum absolute atomic E-state index is 0.161. The number of benzene rings is 3. The molecule has 10 nitrogen and oxygen atoms in total. The van der Waals surface area contributed by atoms with E-state index in [0.717, 1.165) is 12.0 Å². The first-order chi connectivity index (χ1) is 15.8. The Bertz CT molecular complexity index is 1540. The second kappa shape index (κ2) is 8.67. The van der Waals surface area contributed by atoms with Gasteiger partial charge < -0.3 is 5.73 Å². The Kier molecular flexibility index (Phi) is 6.05. The van der Waals surface area contributed by atoms with Crippen molar-refractivity contribution in [3.8, 4) is 22.5 Å². The summed E-state index contributed by atoms with van der Waals surface area (Å²) in [5.41, 5.74) is 8.51. The molecule has 0 atom stereocenters. The lowest BCUT2D eigenvalue weighted by atomic mass is 10.0. The maximum Gasteiger partial charge on any atom is 0.294 e. The van der Waals surface area contributed by atoms with Gasteiger partial charge in [0.25, 0.3) is 10.1 Å². The third-order valence-electron chi connectivity index (χ3n) is 4.91. The molecular formula is C21H17N3O7S2. The fourth-order valence-electron chi connectivity index (χ4n) is 3.67. The summed E-state index contributed by atoms with van der Waals surface area (Å²) in [5, 5.41) is 13.0. The molecule has 1 aliphatic rings. The fraction of sp³-hybridized carbons (Fsp3) is 0.0952. The summed E-state index contributed by atoms with van der Waals surface area (Å²) in [4.78, 5) is 21.4. The average molecular weight is 488 g/mol. The summed E-state index contributed by atoms with van der Waals surface area (Å²) in [6.45, 7) is 4.00. The summed E-state index contributed by atoms with van der Waals surface area (Å²) in [7, 11) is -4.51. The minimum atomic E-state index is -4.51. The smallest absolute Gasteiger partial charge is 0.294 e. The van der Waals surface area contributed by atoms with E-state index in [-0.39, 0.29) is 10.5 Å². The van der Waals surface area contributed by atoms with Gasteiger partial charge in [-0.2, -0.15) is 8.42 Å². The van der Waals surface area contributed by atoms with Gasteiger partial charge in [0.05, 0.1) is 39.4 Å². The molecule has 0 saturated carbocycles. The Morgan fingerprint density at radius 2 is 1.67 bits per heavy atom. The maximum absolute atomic E-state index is 11.9. The molecule has 1 aliphatic carbocycles. The van der Waals surface area contributed by atoms with E-state index in [4.69, 9.17) is 11.0 Å². The third kappa shape index (κ3) is 4.04. The molecule has 33 heavy (non-hydrogen) atoms. The second-order valence-corrected chi connectivity index (χ2v) is 8.93. The maximum atomic E-state index is 11.9. The van der Waals surface area contributed by atoms with Gasteiger partial charge in [0.1, 0.15) is 0 Å². The normalized spacial score (nSPS) is 11.9. The first kappa shape index (κ1) is 23.0. The van der Waals surface area contributed by atoms with E-state index >= 15 is 0 Å². The molecule has 4 aromatic rings. The Morgan fingerprint density at radius 3 is 2.30 bits per heavy atom. The quantitative estimate of drug-likeness (QED) is 0.141. The highest BCUT2D eigenvalue weighted by Crippen LogP contribution is 2.47. The first-order valence-corrected chi connectivity index (χ1v) is 11.8. The molecular weight excluding hydrogens is 470 g/mol. The number of amides is 1. The van der Waals surface area contributed by atoms with Crippen molar-refractivity contribution < 1.29 is 32.4 Å². The van der Waals surface area contributed by atoms with Gasteiger partial charge in [-0.15, -0.1) is 4.33 Å². The van der Waals surface area contributed by atoms with Gasteiger partial charge in [0.15, 0.2) is 0 Å². The number of primary amides is 1. The number of aromatic nitrogens is 2. The molecule has 0 spiro atoms. The van der Waals surface area contributed by atoms with Gasteiger partial charge in [-0.1, -0.05) is 18.9 Å². The van der Waals surface area contributed by atoms with Crippen LogP contribution < -0.4 is 5.73 Å². The van der Waals surface area contributed by atoms with Crippen molar-refractivity contribution in [2.24, 2.45) is 5.73 Å². The molecule has 170 valence electrons. The van der Waals surface area contributed by atoms with E-state index in [1.54, 1.807) is 24.3 Å². The lowest BCUT2D eigenvalue weighted by Gasteiger charge is -2.06. The van der Waals surface area contributed by atoms with Gasteiger partial charge >= 0.3 is 0 Å². The second-order valence-electron chi connectivity index (χ2n) is 6.73. The molecule has 0 unspecified atom stereocenters. The van der Waals surface area contributed by atoms with Crippen LogP contribution in [0.15, 0.2) is 52.3 Å². The molecule has 0 fully saturated rings. The predicted octanol–water partition coefficient (Wildman–Crippen LogP) is 4.23. The summed E-state index contributed by atoms with van der Waals surface area (Å²) in [5.74, 6) is -0.695. The average Bonchev–Trinajstić information content (AvgIpc) is 3.10. The van der Waals surface area contributed by atoms with Crippen LogP contribution in [0.5, 0.6) is 0 Å². The van der Waals surface area contributed by atoms with Crippen LogP contribution in [0.3, 0.4) is 0 Å². The van der Waals surface area contributed by atoms with Crippen molar-refractivity contribution in [3.63, 3.8) is 0 Å². The zero-order chi connectivity index (χ0) is 23.9. The van der Waals surface area contributed by atoms with Crippen LogP contribution in [-0.2, 0) is 19.5 Å². The lowest BCUT2D eigenvalue weighted by molar-refractivity contribution is -0.432. The van der Waals surface area contributed by atoms with Crippen molar-refractivity contribution in [3.05, 3.63) is 48.0 Å². The molecule has 1 aromatic heterocycles. The zero-order valence-corrected chi connectivity index (χ0v) is 18.9. The summed E-state index contributed by atoms with van der Waals surface area (Å²) in [6.07, 6.45) is 0. The molecule has 0 saturated heterocycles. The molecule has 1 heterocycles. The number of nitrogens with two attached hydrogens (primary N) is 1. The van der Waals surface area contributed by atoms with E-state index in [1.807, 2.05) is 13.8 Å². The van der Waals surface area contributed by atoms with Crippen LogP contribution in [0, 0.1) is 0 Å². The van der Waals surface area contributed by atoms with E-state index in [9.17, 15) is 17.8 Å². The number of hydrogen-bond donors (Lipinski definition) is 3. The third-order valence-corrected chi connectivity index (χ3v) is 6.32. The number of fused-ring (bicyclic) bond motifs is 4. The van der Waals surface area contributed by atoms with Crippen molar-refractivity contribution in [2.45, 2.75) is 23.6 Å². The fourth-order valence-corrected chi connectivity index (χ4v) is 4.60. The van der Waals surface area contributed by atoms with Crippen LogP contribution in [0.2, 0.25) is 0 Å². The van der Waals surface area contributed by atoms with Crippen LogP contribution in [-0.4, -0.2) is 34.1 Å². The summed E-state index contributed by atoms with van der Waals surface area (Å²) < 4.78 is 37.7. The zero-order valence-electron chi connectivity index (χ0n) is 17.3. The van der Waals surface area contributed by atoms with Crippen LogP contribution >= 0.6 is 12.0 Å². The van der Waals surface area contributed by atoms with Crippen molar-refractivity contribution in [1.29, 1.82) is 0 Å². The number of carbonyl (C=O) groups is 1. The molecule has 4 N–H and O–H groups in total. The van der Waals surface area contributed by atoms with Crippen molar-refractivity contribution >= 4 is 49.9 Å². The molecule has 0 radical (unpaired) electrons. The van der Waals surface area contributed by atoms with Gasteiger partial charge in [-0.05, 0) is 47.9 Å². The summed E-state index contributed by atoms with van der Waals surface area (Å²) >= 11 is 0.766. The topological polar surface area (TPSA) is 162 Å². The molecule has 12 heteroatoms. The highest BCUT2D eigenvalue weighted by molar-refractivity contribution is 7.94. The largest absolute Gasteiger partial charge is 0.366 e. The van der Waals surface area contributed by atoms with E-state index in [1.165, 1.54) is 18.2 Å². The van der Waals surface area contributed by atoms with E-state index in [0.29, 0.717) is 49.2 Å². The monoisotopic (exact) mass is 487 g/mol. The predicted molar refractivity (Wildman–Crippen MR) is 122 cm³/mol. The Hall–Kier alpha value is -3.13. The first-order valence-electron chi connectivity index (χ1n) is 9.62. The van der Waals surface area contributed by atoms with Crippen LogP contribution in [0.4, 0.5) is 0 Å². The Balaban J connectivity index is 0.00000126. The van der Waals surface area contributed by atoms with Crippen LogP contribution in [0.1, 0.15) is 24.2 Å². The molecule has 0 bridgehead atoms. The number of carbonyl (C=O) groups excluding carboxylic acids is 1. The van der Waals surface area contributed by atoms with Gasteiger partial charge in [0.2, 0.25) is 5.91 Å². The standard InChI is InChI=1S/C19H11N3O7S2.C2H6/c20-19(23)9-3-8-4-11(31(25,26)27)7-13-16(8)12(5-9)17-18(13)21-14-2-1-10(30-29-28-24)6-15(14)22-17;1-2/h1-7,24H,(H2,20,23)(H,25,26,27);1-2H3. The molecule has 5 rings (SSSR count). The molecule has 3 aromatic carbocycles. The number of hydrogen-bond acceptors (Lipinski definition) is 9. The van der Waals surface area contributed by atoms with Crippen molar-refractivity contribution in [1.82, 2.24) is 9.97 Å². The number of nitrogens with zero attached hydrogens (tertiary/aromatic N) is 2. The summed E-state index contributed by atoms with van der Waals surface area (Å²) in [6, 6.07) is 10.7. The van der Waals surface area contributed by atoms with Gasteiger partial charge in [0, 0.05) is 27.0 Å². The van der Waals surface area contributed by atoms with Crippen LogP contribution in [0.25, 0.3) is 44.3 Å². The molecule has 1 amide bonds. The van der Waals surface area contributed by atoms with E-state index < -0.39 is 16.0 Å². The Labute approximate surface area is 192 Å². The van der Waals surface area contributed by atoms with Crippen molar-refractivity contribution in [2.75, 3.05) is 0 Å². The van der Waals surface area contributed by atoms with Gasteiger partial charge in [-0.3, -0.25) is 9.35 Å². The highest BCUT2D eigenvalue weighted by Gasteiger charge is 2.28. The molecule has 0 aliphatic heterocycles. The van der Waals surface area contributed by atoms with E-state index in [2.05, 4.69) is 19.3 Å². The number of rotatable bonds is 5. The highest BCUT2D eigenvalue weighted by atomic mass is 32.2. The minimum Gasteiger partial charge on any atom is -0.366 e.